The maximum Gasteiger partial charge on any atom is 0.420 e. The Kier molecular flexibility index (Phi) is 5.06. The number of aryl methyl sites for hydroxylation is 2. The number of hydroxylamine groups is 2. The Labute approximate surface area is 160 Å². The van der Waals surface area contributed by atoms with Crippen LogP contribution in [0.2, 0.25) is 0 Å². The molecule has 0 aliphatic carbocycles. The topological polar surface area (TPSA) is 120 Å². The smallest absolute Gasteiger partial charge is 0.420 e. The van der Waals surface area contributed by atoms with Crippen molar-refractivity contribution in [3.05, 3.63) is 29.2 Å². The highest BCUT2D eigenvalue weighted by atomic mass is 16.7. The Bertz CT molecular complexity index is 1050. The molecule has 2 heterocycles. The number of fused-ring (bicyclic) bond motifs is 1. The molecule has 1 aromatic carbocycles. The van der Waals surface area contributed by atoms with Crippen LogP contribution in [0.1, 0.15) is 28.7 Å². The highest BCUT2D eigenvalue weighted by Crippen LogP contribution is 2.34. The molecule has 148 valence electrons. The Morgan fingerprint density at radius 2 is 2.04 bits per heavy atom. The van der Waals surface area contributed by atoms with Gasteiger partial charge in [0, 0.05) is 12.6 Å². The van der Waals surface area contributed by atoms with Gasteiger partial charge in [-0.25, -0.2) is 9.86 Å². The minimum Gasteiger partial charge on any atom is -0.465 e. The van der Waals surface area contributed by atoms with Crippen LogP contribution in [0.4, 0.5) is 4.79 Å². The van der Waals surface area contributed by atoms with Crippen molar-refractivity contribution in [2.24, 2.45) is 0 Å². The lowest BCUT2D eigenvalue weighted by molar-refractivity contribution is -0.0755. The first kappa shape index (κ1) is 19.4. The highest BCUT2D eigenvalue weighted by Gasteiger charge is 2.26. The average Bonchev–Trinajstić information content (AvgIpc) is 3.19. The van der Waals surface area contributed by atoms with Crippen molar-refractivity contribution in [1.82, 2.24) is 19.8 Å². The molecule has 28 heavy (non-hydrogen) atoms. The molecule has 0 unspecified atom stereocenters. The van der Waals surface area contributed by atoms with Crippen molar-refractivity contribution in [2.75, 3.05) is 20.8 Å². The summed E-state index contributed by atoms with van der Waals surface area (Å²) in [6.45, 7) is 5.43. The van der Waals surface area contributed by atoms with Gasteiger partial charge in [0.2, 0.25) is 0 Å². The fourth-order valence-electron chi connectivity index (χ4n) is 3.02. The molecule has 0 atom stereocenters. The number of nitrogens with zero attached hydrogens (tertiary/aromatic N) is 4. The molecule has 0 bridgehead atoms. The number of carboxylic acid groups (broad SMARTS) is 1. The van der Waals surface area contributed by atoms with E-state index in [0.29, 0.717) is 22.6 Å². The largest absolute Gasteiger partial charge is 0.465 e. The molecule has 3 rings (SSSR count). The molecular formula is C18H20N4O6. The van der Waals surface area contributed by atoms with E-state index < -0.39 is 12.0 Å². The van der Waals surface area contributed by atoms with Gasteiger partial charge in [0.05, 0.1) is 30.5 Å². The third-order valence-corrected chi connectivity index (χ3v) is 4.31. The van der Waals surface area contributed by atoms with E-state index in [-0.39, 0.29) is 29.2 Å². The zero-order valence-corrected chi connectivity index (χ0v) is 16.1. The molecule has 3 aromatic rings. The van der Waals surface area contributed by atoms with Crippen LogP contribution in [0.5, 0.6) is 6.01 Å². The number of ether oxygens (including phenoxy) is 1. The van der Waals surface area contributed by atoms with Crippen molar-refractivity contribution < 1.29 is 28.8 Å². The summed E-state index contributed by atoms with van der Waals surface area (Å²) in [5.74, 6) is 0.0564. The standard InChI is InChI=1S/C18H20N4O6/c1-6-27-17-19-15-12(16(23)21(4)26-5)7-11(8-13(15)22(17)18(24)25)14-9(2)20-28-10(14)3/h7-8H,6H2,1-5H3,(H,24,25). The summed E-state index contributed by atoms with van der Waals surface area (Å²) in [6.07, 6.45) is -1.28. The van der Waals surface area contributed by atoms with Gasteiger partial charge in [-0.3, -0.25) is 9.63 Å². The molecule has 0 radical (unpaired) electrons. The number of rotatable bonds is 5. The third-order valence-electron chi connectivity index (χ3n) is 4.31. The van der Waals surface area contributed by atoms with E-state index >= 15 is 0 Å². The highest BCUT2D eigenvalue weighted by molar-refractivity contribution is 6.08. The fraction of sp³-hybridized carbons (Fsp3) is 0.333. The monoisotopic (exact) mass is 388 g/mol. The molecule has 10 nitrogen and oxygen atoms in total. The molecule has 0 aliphatic heterocycles. The zero-order valence-electron chi connectivity index (χ0n) is 16.1. The summed E-state index contributed by atoms with van der Waals surface area (Å²) < 4.78 is 11.5. The lowest BCUT2D eigenvalue weighted by Crippen LogP contribution is -2.25. The second kappa shape index (κ2) is 7.31. The lowest BCUT2D eigenvalue weighted by atomic mass is 10.00. The van der Waals surface area contributed by atoms with Gasteiger partial charge in [-0.05, 0) is 38.5 Å². The van der Waals surface area contributed by atoms with Crippen molar-refractivity contribution in [1.29, 1.82) is 0 Å². The van der Waals surface area contributed by atoms with Gasteiger partial charge >= 0.3 is 12.1 Å². The molecule has 1 amide bonds. The maximum absolute atomic E-state index is 12.9. The van der Waals surface area contributed by atoms with Crippen molar-refractivity contribution in [2.45, 2.75) is 20.8 Å². The van der Waals surface area contributed by atoms with Gasteiger partial charge in [-0.2, -0.15) is 9.55 Å². The second-order valence-electron chi connectivity index (χ2n) is 6.02. The van der Waals surface area contributed by atoms with E-state index in [0.717, 1.165) is 9.63 Å². The molecule has 0 aliphatic rings. The van der Waals surface area contributed by atoms with Crippen molar-refractivity contribution in [3.8, 4) is 17.1 Å². The summed E-state index contributed by atoms with van der Waals surface area (Å²) in [4.78, 5) is 34.0. The van der Waals surface area contributed by atoms with E-state index in [1.807, 2.05) is 0 Å². The number of amides is 1. The van der Waals surface area contributed by atoms with Crippen LogP contribution in [0, 0.1) is 13.8 Å². The Balaban J connectivity index is 2.40. The van der Waals surface area contributed by atoms with Gasteiger partial charge in [0.15, 0.2) is 0 Å². The normalized spacial score (nSPS) is 11.0. The summed E-state index contributed by atoms with van der Waals surface area (Å²) in [7, 11) is 2.81. The van der Waals surface area contributed by atoms with Gasteiger partial charge < -0.3 is 14.4 Å². The quantitative estimate of drug-likeness (QED) is 0.663. The molecule has 0 saturated heterocycles. The molecule has 1 N–H and O–H groups in total. The summed E-state index contributed by atoms with van der Waals surface area (Å²) in [6, 6.07) is 3.12. The number of hydrogen-bond acceptors (Lipinski definition) is 7. The summed E-state index contributed by atoms with van der Waals surface area (Å²) in [5.41, 5.74) is 2.42. The Morgan fingerprint density at radius 3 is 2.57 bits per heavy atom. The van der Waals surface area contributed by atoms with E-state index in [4.69, 9.17) is 14.1 Å². The minimum absolute atomic E-state index is 0.116. The van der Waals surface area contributed by atoms with E-state index in [9.17, 15) is 14.7 Å². The van der Waals surface area contributed by atoms with Crippen LogP contribution in [0.15, 0.2) is 16.7 Å². The first-order valence-electron chi connectivity index (χ1n) is 8.48. The predicted octanol–water partition coefficient (Wildman–Crippen LogP) is 2.87. The molecule has 10 heteroatoms. The van der Waals surface area contributed by atoms with Gasteiger partial charge in [-0.15, -0.1) is 0 Å². The van der Waals surface area contributed by atoms with Crippen LogP contribution in [-0.2, 0) is 4.84 Å². The number of benzene rings is 1. The van der Waals surface area contributed by atoms with E-state index in [1.165, 1.54) is 14.2 Å². The predicted molar refractivity (Wildman–Crippen MR) is 98.4 cm³/mol. The van der Waals surface area contributed by atoms with E-state index in [1.54, 1.807) is 32.9 Å². The average molecular weight is 388 g/mol. The lowest BCUT2D eigenvalue weighted by Gasteiger charge is -2.15. The van der Waals surface area contributed by atoms with Crippen LogP contribution >= 0.6 is 0 Å². The van der Waals surface area contributed by atoms with Crippen molar-refractivity contribution in [3.63, 3.8) is 0 Å². The SMILES string of the molecule is CCOc1nc2c(C(=O)N(C)OC)cc(-c3c(C)noc3C)cc2n1C(=O)O. The third kappa shape index (κ3) is 3.07. The number of carbonyl (C=O) groups excluding carboxylic acids is 1. The number of hydrogen-bond donors (Lipinski definition) is 1. The molecule has 0 spiro atoms. The van der Waals surface area contributed by atoms with Crippen LogP contribution in [0.3, 0.4) is 0 Å². The molecule has 0 saturated carbocycles. The Hall–Kier alpha value is -3.40. The van der Waals surface area contributed by atoms with Gasteiger partial charge in [0.25, 0.3) is 5.91 Å². The van der Waals surface area contributed by atoms with Crippen molar-refractivity contribution >= 4 is 23.0 Å². The summed E-state index contributed by atoms with van der Waals surface area (Å²) in [5, 5.41) is 14.7. The van der Waals surface area contributed by atoms with Gasteiger partial charge in [0.1, 0.15) is 11.3 Å². The maximum atomic E-state index is 12.9. The number of aromatic nitrogens is 3. The Morgan fingerprint density at radius 1 is 1.32 bits per heavy atom. The first-order chi connectivity index (χ1) is 13.3. The van der Waals surface area contributed by atoms with Crippen LogP contribution < -0.4 is 4.74 Å². The first-order valence-corrected chi connectivity index (χ1v) is 8.48. The van der Waals surface area contributed by atoms with Crippen LogP contribution in [-0.4, -0.2) is 57.6 Å². The van der Waals surface area contributed by atoms with Crippen LogP contribution in [0.25, 0.3) is 22.2 Å². The minimum atomic E-state index is -1.28. The zero-order chi connectivity index (χ0) is 20.6. The molecule has 0 fully saturated rings. The number of carbonyl (C=O) groups is 2. The van der Waals surface area contributed by atoms with Gasteiger partial charge in [-0.1, -0.05) is 5.16 Å². The van der Waals surface area contributed by atoms with E-state index in [2.05, 4.69) is 10.1 Å². The molecular weight excluding hydrogens is 368 g/mol. The second-order valence-corrected chi connectivity index (χ2v) is 6.02. The molecule has 2 aromatic heterocycles. The fourth-order valence-corrected chi connectivity index (χ4v) is 3.02. The number of imidazole rings is 1. The summed E-state index contributed by atoms with van der Waals surface area (Å²) >= 11 is 0.